The minimum Gasteiger partial charge on any atom is -0.493 e. The van der Waals surface area contributed by atoms with Gasteiger partial charge in [0.05, 0.1) is 44.6 Å². The molecule has 5 rings (SSSR count). The first kappa shape index (κ1) is 31.5. The van der Waals surface area contributed by atoms with Crippen molar-refractivity contribution >= 4 is 35.1 Å². The molecule has 1 aliphatic carbocycles. The van der Waals surface area contributed by atoms with Crippen LogP contribution in [0.3, 0.4) is 0 Å². The van der Waals surface area contributed by atoms with E-state index in [0.29, 0.717) is 28.3 Å². The molecule has 3 aromatic rings. The average molecular weight is 622 g/mol. The number of carbonyl (C=O) groups excluding carboxylic acids is 1. The van der Waals surface area contributed by atoms with Crippen molar-refractivity contribution in [2.75, 3.05) is 37.0 Å². The number of hydrogen-bond donors (Lipinski definition) is 2. The number of anilines is 2. The average Bonchev–Trinajstić information content (AvgIpc) is 3.00. The van der Waals surface area contributed by atoms with Gasteiger partial charge in [-0.25, -0.2) is 9.97 Å². The lowest BCUT2D eigenvalue weighted by atomic mass is 9.85. The van der Waals surface area contributed by atoms with E-state index in [4.69, 9.17) is 36.1 Å². The van der Waals surface area contributed by atoms with E-state index in [2.05, 4.69) is 10.2 Å². The predicted octanol–water partition coefficient (Wildman–Crippen LogP) is 5.27. The Labute approximate surface area is 263 Å². The Morgan fingerprint density at radius 2 is 1.84 bits per heavy atom. The Balaban J connectivity index is 1.38. The number of ether oxygens (including phenoxy) is 2. The topological polar surface area (TPSA) is 117 Å². The van der Waals surface area contributed by atoms with Crippen LogP contribution in [-0.2, 0) is 16.0 Å². The highest BCUT2D eigenvalue weighted by atomic mass is 35.5. The van der Waals surface area contributed by atoms with Crippen molar-refractivity contribution < 1.29 is 24.2 Å². The first-order valence-corrected chi connectivity index (χ1v) is 15.4. The van der Waals surface area contributed by atoms with Gasteiger partial charge in [0.2, 0.25) is 5.91 Å². The smallest absolute Gasteiger partial charge is 0.317 e. The summed E-state index contributed by atoms with van der Waals surface area (Å²) in [4.78, 5) is 37.9. The Hall–Kier alpha value is -3.89. The number of hydrogen-bond acceptors (Lipinski definition) is 8. The molecule has 11 heteroatoms. The number of aromatic nitrogens is 2. The SMILES string of the molecule is COc1cc2c(cc1OC(C)C)C(c1ccc(Cl)cc1)N(c1cnc(N(C)C[C@H]3CC[C@H](NCC(=O)O)CC3)cn1)C(=O)C2. The van der Waals surface area contributed by atoms with E-state index in [1.165, 1.54) is 0 Å². The van der Waals surface area contributed by atoms with Crippen LogP contribution in [0.1, 0.15) is 62.3 Å². The lowest BCUT2D eigenvalue weighted by molar-refractivity contribution is -0.136. The lowest BCUT2D eigenvalue weighted by Gasteiger charge is -2.37. The van der Waals surface area contributed by atoms with Crippen LogP contribution in [0.4, 0.5) is 11.6 Å². The molecule has 2 heterocycles. The van der Waals surface area contributed by atoms with Gasteiger partial charge in [-0.05, 0) is 86.4 Å². The zero-order chi connectivity index (χ0) is 31.4. The summed E-state index contributed by atoms with van der Waals surface area (Å²) in [5.74, 6) is 1.96. The number of amides is 1. The van der Waals surface area contributed by atoms with Gasteiger partial charge in [-0.15, -0.1) is 0 Å². The van der Waals surface area contributed by atoms with Gasteiger partial charge in [0.25, 0.3) is 0 Å². The number of carbonyl (C=O) groups is 2. The molecule has 234 valence electrons. The molecular weight excluding hydrogens is 582 g/mol. The first-order valence-electron chi connectivity index (χ1n) is 15.1. The molecule has 1 saturated carbocycles. The number of nitrogens with one attached hydrogen (secondary N) is 1. The van der Waals surface area contributed by atoms with Crippen molar-refractivity contribution in [1.29, 1.82) is 0 Å². The molecule has 1 fully saturated rings. The third kappa shape index (κ3) is 7.25. The zero-order valence-corrected chi connectivity index (χ0v) is 26.4. The molecule has 1 amide bonds. The number of benzene rings is 2. The number of fused-ring (bicyclic) bond motifs is 1. The normalized spacial score (nSPS) is 19.9. The number of carboxylic acid groups (broad SMARTS) is 1. The van der Waals surface area contributed by atoms with Crippen LogP contribution < -0.4 is 24.6 Å². The predicted molar refractivity (Wildman–Crippen MR) is 170 cm³/mol. The van der Waals surface area contributed by atoms with E-state index in [0.717, 1.165) is 54.7 Å². The maximum Gasteiger partial charge on any atom is 0.317 e. The number of aliphatic carboxylic acids is 1. The summed E-state index contributed by atoms with van der Waals surface area (Å²) in [5.41, 5.74) is 2.69. The highest BCUT2D eigenvalue weighted by molar-refractivity contribution is 6.30. The second-order valence-corrected chi connectivity index (χ2v) is 12.3. The number of carboxylic acids is 1. The van der Waals surface area contributed by atoms with E-state index in [-0.39, 0.29) is 31.0 Å². The van der Waals surface area contributed by atoms with Crippen LogP contribution in [0.2, 0.25) is 5.02 Å². The Bertz CT molecular complexity index is 1460. The van der Waals surface area contributed by atoms with Gasteiger partial charge in [0, 0.05) is 24.7 Å². The summed E-state index contributed by atoms with van der Waals surface area (Å²) in [6, 6.07) is 11.1. The fraction of sp³-hybridized carbons (Fsp3) is 0.455. The van der Waals surface area contributed by atoms with E-state index >= 15 is 0 Å². The second-order valence-electron chi connectivity index (χ2n) is 11.9. The Morgan fingerprint density at radius 1 is 1.11 bits per heavy atom. The van der Waals surface area contributed by atoms with E-state index in [9.17, 15) is 9.59 Å². The molecule has 1 unspecified atom stereocenters. The molecule has 10 nitrogen and oxygen atoms in total. The molecule has 0 spiro atoms. The maximum absolute atomic E-state index is 13.8. The summed E-state index contributed by atoms with van der Waals surface area (Å²) in [6.07, 6.45) is 7.46. The molecule has 44 heavy (non-hydrogen) atoms. The van der Waals surface area contributed by atoms with Crippen LogP contribution in [0.25, 0.3) is 0 Å². The number of rotatable bonds is 11. The number of nitrogens with zero attached hydrogens (tertiary/aromatic N) is 4. The largest absolute Gasteiger partial charge is 0.493 e. The highest BCUT2D eigenvalue weighted by Crippen LogP contribution is 2.43. The van der Waals surface area contributed by atoms with E-state index < -0.39 is 12.0 Å². The molecule has 0 radical (unpaired) electrons. The first-order chi connectivity index (χ1) is 21.1. The van der Waals surface area contributed by atoms with Gasteiger partial charge in [0.15, 0.2) is 17.3 Å². The molecule has 0 saturated heterocycles. The third-order valence-electron chi connectivity index (χ3n) is 8.32. The summed E-state index contributed by atoms with van der Waals surface area (Å²) < 4.78 is 11.7. The van der Waals surface area contributed by atoms with Crippen molar-refractivity contribution in [3.05, 3.63) is 70.5 Å². The van der Waals surface area contributed by atoms with Crippen molar-refractivity contribution in [2.24, 2.45) is 5.92 Å². The van der Waals surface area contributed by atoms with Crippen molar-refractivity contribution in [3.8, 4) is 11.5 Å². The van der Waals surface area contributed by atoms with Crippen LogP contribution in [0.5, 0.6) is 11.5 Å². The monoisotopic (exact) mass is 621 g/mol. The van der Waals surface area contributed by atoms with Crippen LogP contribution >= 0.6 is 11.6 Å². The van der Waals surface area contributed by atoms with Crippen LogP contribution in [-0.4, -0.2) is 66.3 Å². The Kier molecular flexibility index (Phi) is 9.90. The number of methoxy groups -OCH3 is 1. The minimum absolute atomic E-state index is 0.00222. The summed E-state index contributed by atoms with van der Waals surface area (Å²) in [7, 11) is 3.60. The lowest BCUT2D eigenvalue weighted by Crippen LogP contribution is -2.41. The summed E-state index contributed by atoms with van der Waals surface area (Å²) in [6.45, 7) is 4.75. The quantitative estimate of drug-likeness (QED) is 0.295. The molecule has 1 aliphatic heterocycles. The van der Waals surface area contributed by atoms with Gasteiger partial charge in [-0.2, -0.15) is 0 Å². The van der Waals surface area contributed by atoms with Gasteiger partial charge >= 0.3 is 5.97 Å². The molecule has 2 aromatic carbocycles. The molecule has 2 aliphatic rings. The molecule has 0 bridgehead atoms. The van der Waals surface area contributed by atoms with Gasteiger partial charge < -0.3 is 24.8 Å². The fourth-order valence-electron chi connectivity index (χ4n) is 6.19. The minimum atomic E-state index is -0.825. The molecule has 1 atom stereocenters. The standard InChI is InChI=1S/C33H40ClN5O5/c1-20(2)44-28-15-26-23(13-27(28)43-4)14-31(40)39(33(26)22-7-9-24(34)10-8-22)30-17-36-29(16-37-30)38(3)19-21-5-11-25(12-6-21)35-18-32(41)42/h7-10,13,15-17,20-21,25,33,35H,5-6,11-12,14,18-19H2,1-4H3,(H,41,42)/t21-,25-,33?. The summed E-state index contributed by atoms with van der Waals surface area (Å²) in [5, 5.41) is 12.7. The molecule has 1 aromatic heterocycles. The highest BCUT2D eigenvalue weighted by Gasteiger charge is 2.37. The van der Waals surface area contributed by atoms with Gasteiger partial charge in [-0.3, -0.25) is 14.5 Å². The van der Waals surface area contributed by atoms with Gasteiger partial charge in [0.1, 0.15) is 5.82 Å². The van der Waals surface area contributed by atoms with Crippen molar-refractivity contribution in [1.82, 2.24) is 15.3 Å². The summed E-state index contributed by atoms with van der Waals surface area (Å²) >= 11 is 6.24. The van der Waals surface area contributed by atoms with E-state index in [1.54, 1.807) is 24.4 Å². The zero-order valence-electron chi connectivity index (χ0n) is 25.6. The molecule has 2 N–H and O–H groups in total. The van der Waals surface area contributed by atoms with Gasteiger partial charge in [-0.1, -0.05) is 23.7 Å². The fourth-order valence-corrected chi connectivity index (χ4v) is 6.32. The van der Waals surface area contributed by atoms with Crippen LogP contribution in [0, 0.1) is 5.92 Å². The van der Waals surface area contributed by atoms with Crippen molar-refractivity contribution in [2.45, 2.75) is 64.1 Å². The Morgan fingerprint density at radius 3 is 2.45 bits per heavy atom. The van der Waals surface area contributed by atoms with Crippen LogP contribution in [0.15, 0.2) is 48.8 Å². The maximum atomic E-state index is 13.8. The van der Waals surface area contributed by atoms with E-state index in [1.807, 2.05) is 57.3 Å². The molecular formula is C33H40ClN5O5. The second kappa shape index (κ2) is 13.8. The van der Waals surface area contributed by atoms with Crippen molar-refractivity contribution in [3.63, 3.8) is 0 Å². The number of halogens is 1. The third-order valence-corrected chi connectivity index (χ3v) is 8.57.